The molecule has 0 saturated heterocycles. The van der Waals surface area contributed by atoms with Crippen LogP contribution in [0.2, 0.25) is 0 Å². The number of hydrogen-bond donors (Lipinski definition) is 2. The Bertz CT molecular complexity index is 981. The van der Waals surface area contributed by atoms with Crippen molar-refractivity contribution in [1.29, 1.82) is 0 Å². The molecular formula is C19H22N2O4S. The van der Waals surface area contributed by atoms with Gasteiger partial charge in [0.1, 0.15) is 12.4 Å². The van der Waals surface area contributed by atoms with E-state index in [1.165, 1.54) is 0 Å². The molecule has 1 heterocycles. The van der Waals surface area contributed by atoms with Gasteiger partial charge in [0.05, 0.1) is 21.7 Å². The lowest BCUT2D eigenvalue weighted by Gasteiger charge is -2.18. The number of benzene rings is 2. The molecule has 0 spiro atoms. The predicted octanol–water partition coefficient (Wildman–Crippen LogP) is 3.46. The van der Waals surface area contributed by atoms with Crippen LogP contribution in [-0.4, -0.2) is 20.9 Å². The van der Waals surface area contributed by atoms with Gasteiger partial charge in [-0.25, -0.2) is 8.42 Å². The molecule has 26 heavy (non-hydrogen) atoms. The number of rotatable bonds is 3. The number of anilines is 2. The predicted molar refractivity (Wildman–Crippen MR) is 101 cm³/mol. The molecule has 0 aromatic heterocycles. The number of ether oxygens (including phenoxy) is 1. The normalized spacial score (nSPS) is 16.1. The molecule has 2 N–H and O–H groups in total. The summed E-state index contributed by atoms with van der Waals surface area (Å²) in [6.45, 7) is 7.62. The summed E-state index contributed by atoms with van der Waals surface area (Å²) in [4.78, 5) is 12.4. The lowest BCUT2D eigenvalue weighted by molar-refractivity contribution is -0.124. The third-order valence-electron chi connectivity index (χ3n) is 4.47. The Hall–Kier alpha value is -2.54. The first-order chi connectivity index (χ1) is 12.1. The minimum Gasteiger partial charge on any atom is -0.490 e. The van der Waals surface area contributed by atoms with Gasteiger partial charge in [-0.2, -0.15) is 0 Å². The largest absolute Gasteiger partial charge is 0.490 e. The van der Waals surface area contributed by atoms with E-state index in [2.05, 4.69) is 10.0 Å². The van der Waals surface area contributed by atoms with Crippen LogP contribution in [0, 0.1) is 19.3 Å². The number of sulfonamides is 1. The minimum atomic E-state index is -3.73. The molecule has 0 atom stereocenters. The quantitative estimate of drug-likeness (QED) is 0.862. The Labute approximate surface area is 153 Å². The summed E-state index contributed by atoms with van der Waals surface area (Å²) >= 11 is 0. The van der Waals surface area contributed by atoms with Gasteiger partial charge in [-0.15, -0.1) is 0 Å². The molecule has 0 fully saturated rings. The highest BCUT2D eigenvalue weighted by Gasteiger charge is 2.32. The molecule has 138 valence electrons. The van der Waals surface area contributed by atoms with Crippen molar-refractivity contribution < 1.29 is 17.9 Å². The molecule has 1 amide bonds. The first kappa shape index (κ1) is 18.3. The maximum Gasteiger partial charge on any atom is 0.261 e. The van der Waals surface area contributed by atoms with Crippen LogP contribution >= 0.6 is 0 Å². The van der Waals surface area contributed by atoms with Crippen molar-refractivity contribution in [3.63, 3.8) is 0 Å². The zero-order valence-electron chi connectivity index (χ0n) is 15.2. The van der Waals surface area contributed by atoms with E-state index in [4.69, 9.17) is 4.74 Å². The Morgan fingerprint density at radius 3 is 2.50 bits per heavy atom. The average molecular weight is 374 g/mol. The summed E-state index contributed by atoms with van der Waals surface area (Å²) in [6, 6.07) is 9.80. The molecule has 6 nitrogen and oxygen atoms in total. The molecule has 2 aromatic rings. The van der Waals surface area contributed by atoms with Gasteiger partial charge in [-0.1, -0.05) is 6.07 Å². The Balaban J connectivity index is 1.90. The van der Waals surface area contributed by atoms with Crippen LogP contribution < -0.4 is 14.8 Å². The maximum absolute atomic E-state index is 12.6. The first-order valence-electron chi connectivity index (χ1n) is 8.27. The van der Waals surface area contributed by atoms with E-state index in [1.54, 1.807) is 50.2 Å². The fourth-order valence-corrected chi connectivity index (χ4v) is 3.66. The number of carbonyl (C=O) groups excluding carboxylic acids is 1. The summed E-state index contributed by atoms with van der Waals surface area (Å²) in [5.41, 5.74) is 2.05. The van der Waals surface area contributed by atoms with Gasteiger partial charge in [0.2, 0.25) is 5.91 Å². The summed E-state index contributed by atoms with van der Waals surface area (Å²) < 4.78 is 33.5. The average Bonchev–Trinajstić information content (AvgIpc) is 2.66. The molecular weight excluding hydrogens is 352 g/mol. The number of hydrogen-bond acceptors (Lipinski definition) is 4. The van der Waals surface area contributed by atoms with Crippen LogP contribution in [0.1, 0.15) is 25.0 Å². The van der Waals surface area contributed by atoms with Gasteiger partial charge in [-0.3, -0.25) is 9.52 Å². The summed E-state index contributed by atoms with van der Waals surface area (Å²) in [5, 5.41) is 2.80. The number of carbonyl (C=O) groups is 1. The first-order valence-corrected chi connectivity index (χ1v) is 9.75. The Morgan fingerprint density at radius 1 is 1.08 bits per heavy atom. The van der Waals surface area contributed by atoms with Crippen molar-refractivity contribution in [2.24, 2.45) is 5.41 Å². The molecule has 0 bridgehead atoms. The van der Waals surface area contributed by atoms with Crippen molar-refractivity contribution >= 4 is 27.3 Å². The van der Waals surface area contributed by atoms with Crippen LogP contribution in [0.5, 0.6) is 5.75 Å². The van der Waals surface area contributed by atoms with E-state index in [-0.39, 0.29) is 17.4 Å². The molecule has 7 heteroatoms. The lowest BCUT2D eigenvalue weighted by atomic mass is 9.94. The molecule has 3 rings (SSSR count). The van der Waals surface area contributed by atoms with E-state index < -0.39 is 15.4 Å². The van der Waals surface area contributed by atoms with E-state index in [0.29, 0.717) is 17.1 Å². The topological polar surface area (TPSA) is 84.5 Å². The highest BCUT2D eigenvalue weighted by molar-refractivity contribution is 7.92. The van der Waals surface area contributed by atoms with Crippen molar-refractivity contribution in [3.8, 4) is 5.75 Å². The van der Waals surface area contributed by atoms with Crippen molar-refractivity contribution in [2.75, 3.05) is 16.6 Å². The van der Waals surface area contributed by atoms with Gasteiger partial charge in [0.15, 0.2) is 0 Å². The van der Waals surface area contributed by atoms with Crippen molar-refractivity contribution in [2.45, 2.75) is 32.6 Å². The molecule has 1 aliphatic heterocycles. The molecule has 0 unspecified atom stereocenters. The third-order valence-corrected chi connectivity index (χ3v) is 5.85. The third kappa shape index (κ3) is 3.53. The molecule has 0 saturated carbocycles. The van der Waals surface area contributed by atoms with Gasteiger partial charge >= 0.3 is 0 Å². The number of amides is 1. The van der Waals surface area contributed by atoms with Crippen molar-refractivity contribution in [1.82, 2.24) is 0 Å². The summed E-state index contributed by atoms with van der Waals surface area (Å²) in [6.07, 6.45) is 0. The Kier molecular flexibility index (Phi) is 4.44. The van der Waals surface area contributed by atoms with Gasteiger partial charge in [0.25, 0.3) is 10.0 Å². The van der Waals surface area contributed by atoms with Crippen molar-refractivity contribution in [3.05, 3.63) is 47.5 Å². The van der Waals surface area contributed by atoms with Crippen LogP contribution in [0.25, 0.3) is 0 Å². The smallest absolute Gasteiger partial charge is 0.261 e. The SMILES string of the molecule is Cc1ccc(S(=O)(=O)Nc2ccc3c(c2)NC(=O)C(C)(C)CO3)cc1C. The van der Waals surface area contributed by atoms with Gasteiger partial charge in [-0.05, 0) is 69.2 Å². The highest BCUT2D eigenvalue weighted by atomic mass is 32.2. The van der Waals surface area contributed by atoms with Crippen LogP contribution in [0.15, 0.2) is 41.3 Å². The molecule has 1 aliphatic rings. The van der Waals surface area contributed by atoms with E-state index >= 15 is 0 Å². The fraction of sp³-hybridized carbons (Fsp3) is 0.316. The monoisotopic (exact) mass is 374 g/mol. The fourth-order valence-electron chi connectivity index (χ4n) is 2.53. The minimum absolute atomic E-state index is 0.176. The van der Waals surface area contributed by atoms with Crippen LogP contribution in [0.4, 0.5) is 11.4 Å². The Morgan fingerprint density at radius 2 is 1.81 bits per heavy atom. The zero-order valence-corrected chi connectivity index (χ0v) is 16.0. The number of nitrogens with one attached hydrogen (secondary N) is 2. The second-order valence-electron chi connectivity index (χ2n) is 7.19. The molecule has 2 aromatic carbocycles. The van der Waals surface area contributed by atoms with Gasteiger partial charge in [0, 0.05) is 0 Å². The summed E-state index contributed by atoms with van der Waals surface area (Å²) in [5.74, 6) is 0.337. The maximum atomic E-state index is 12.6. The van der Waals surface area contributed by atoms with Gasteiger partial charge < -0.3 is 10.1 Å². The van der Waals surface area contributed by atoms with E-state index in [9.17, 15) is 13.2 Å². The number of fused-ring (bicyclic) bond motifs is 1. The van der Waals surface area contributed by atoms with E-state index in [0.717, 1.165) is 11.1 Å². The molecule has 0 radical (unpaired) electrons. The summed E-state index contributed by atoms with van der Waals surface area (Å²) in [7, 11) is -3.73. The van der Waals surface area contributed by atoms with Crippen LogP contribution in [-0.2, 0) is 14.8 Å². The molecule has 0 aliphatic carbocycles. The second-order valence-corrected chi connectivity index (χ2v) is 8.87. The zero-order chi connectivity index (χ0) is 19.1. The number of aryl methyl sites for hydroxylation is 2. The standard InChI is InChI=1S/C19H22N2O4S/c1-12-5-7-15(9-13(12)2)26(23,24)21-14-6-8-17-16(10-14)20-18(22)19(3,4)11-25-17/h5-10,21H,11H2,1-4H3,(H,20,22). The highest BCUT2D eigenvalue weighted by Crippen LogP contribution is 2.34. The van der Waals surface area contributed by atoms with E-state index in [1.807, 2.05) is 13.8 Å². The lowest BCUT2D eigenvalue weighted by Crippen LogP contribution is -2.33. The second kappa shape index (κ2) is 6.32. The van der Waals surface area contributed by atoms with Crippen LogP contribution in [0.3, 0.4) is 0 Å².